The maximum absolute atomic E-state index is 12.2. The highest BCUT2D eigenvalue weighted by Crippen LogP contribution is 2.24. The third-order valence-electron chi connectivity index (χ3n) is 3.72. The van der Waals surface area contributed by atoms with E-state index < -0.39 is 17.7 Å². The van der Waals surface area contributed by atoms with E-state index in [0.29, 0.717) is 11.0 Å². The van der Waals surface area contributed by atoms with E-state index in [9.17, 15) is 4.79 Å². The van der Waals surface area contributed by atoms with Crippen molar-refractivity contribution in [1.82, 2.24) is 10.3 Å². The Morgan fingerprint density at radius 1 is 1.18 bits per heavy atom. The second kappa shape index (κ2) is 9.49. The van der Waals surface area contributed by atoms with Crippen LogP contribution in [0, 0.1) is 0 Å². The molecule has 0 aromatic carbocycles. The highest BCUT2D eigenvalue weighted by molar-refractivity contribution is 8.13. The number of aliphatic imine (C=N–C) groups is 1. The van der Waals surface area contributed by atoms with E-state index in [0.717, 1.165) is 17.9 Å². The topological polar surface area (TPSA) is 82.0 Å². The molecule has 1 amide bonds. The maximum Gasteiger partial charge on any atom is 0.408 e. The van der Waals surface area contributed by atoms with Crippen molar-refractivity contribution >= 4 is 23.1 Å². The minimum Gasteiger partial charge on any atom is -0.490 e. The van der Waals surface area contributed by atoms with Gasteiger partial charge in [0.05, 0.1) is 12.7 Å². The number of hydrogen-bond acceptors (Lipinski definition) is 7. The molecule has 0 saturated heterocycles. The van der Waals surface area contributed by atoms with Gasteiger partial charge >= 0.3 is 6.09 Å². The molecule has 0 unspecified atom stereocenters. The first-order chi connectivity index (χ1) is 13.0. The normalized spacial score (nSPS) is 15.6. The van der Waals surface area contributed by atoms with Crippen LogP contribution in [0.1, 0.15) is 47.1 Å². The van der Waals surface area contributed by atoms with Crippen LogP contribution in [-0.4, -0.2) is 53.5 Å². The summed E-state index contributed by atoms with van der Waals surface area (Å²) in [5.74, 6) is 1.57. The summed E-state index contributed by atoms with van der Waals surface area (Å²) in [6.07, 6.45) is 2.99. The quantitative estimate of drug-likeness (QED) is 0.770. The lowest BCUT2D eigenvalue weighted by molar-refractivity contribution is 0.0463. The van der Waals surface area contributed by atoms with Crippen molar-refractivity contribution in [3.8, 4) is 5.75 Å². The summed E-state index contributed by atoms with van der Waals surface area (Å²) in [6, 6.07) is 1.58. The fourth-order valence-corrected chi connectivity index (χ4v) is 2.98. The molecular weight excluding hydrogens is 378 g/mol. The van der Waals surface area contributed by atoms with E-state index >= 15 is 0 Å². The zero-order valence-corrected chi connectivity index (χ0v) is 18.4. The summed E-state index contributed by atoms with van der Waals surface area (Å²) < 4.78 is 16.9. The van der Waals surface area contributed by atoms with E-state index in [-0.39, 0.29) is 18.6 Å². The SMILES string of the molecule is CC(C)(C)OC(=O)N[C@@H](COC1=NCCS1)COc1cncc(C(C)(C)C)c1. The van der Waals surface area contributed by atoms with Crippen LogP contribution in [0.4, 0.5) is 4.79 Å². The van der Waals surface area contributed by atoms with Crippen LogP contribution < -0.4 is 10.1 Å². The van der Waals surface area contributed by atoms with Gasteiger partial charge in [0.15, 0.2) is 0 Å². The Bertz CT molecular complexity index is 695. The van der Waals surface area contributed by atoms with Gasteiger partial charge in [-0.15, -0.1) is 0 Å². The Labute approximate surface area is 171 Å². The zero-order valence-electron chi connectivity index (χ0n) is 17.6. The molecule has 8 heteroatoms. The van der Waals surface area contributed by atoms with Gasteiger partial charge in [-0.05, 0) is 37.8 Å². The van der Waals surface area contributed by atoms with Crippen LogP contribution in [0.2, 0.25) is 0 Å². The van der Waals surface area contributed by atoms with Crippen molar-refractivity contribution in [3.63, 3.8) is 0 Å². The number of carbonyl (C=O) groups is 1. The lowest BCUT2D eigenvalue weighted by Gasteiger charge is -2.24. The van der Waals surface area contributed by atoms with E-state index in [1.165, 1.54) is 0 Å². The van der Waals surface area contributed by atoms with Gasteiger partial charge in [0, 0.05) is 11.9 Å². The average Bonchev–Trinajstić information content (AvgIpc) is 3.08. The van der Waals surface area contributed by atoms with Crippen LogP contribution in [0.3, 0.4) is 0 Å². The summed E-state index contributed by atoms with van der Waals surface area (Å²) in [7, 11) is 0. The molecule has 0 radical (unpaired) electrons. The first-order valence-electron chi connectivity index (χ1n) is 9.41. The smallest absolute Gasteiger partial charge is 0.408 e. The van der Waals surface area contributed by atoms with Crippen LogP contribution in [0.25, 0.3) is 0 Å². The second-order valence-corrected chi connectivity index (χ2v) is 9.67. The van der Waals surface area contributed by atoms with Crippen molar-refractivity contribution in [2.45, 2.75) is 58.6 Å². The minimum atomic E-state index is -0.577. The number of nitrogens with one attached hydrogen (secondary N) is 1. The Morgan fingerprint density at radius 3 is 2.50 bits per heavy atom. The average molecular weight is 410 g/mol. The largest absolute Gasteiger partial charge is 0.490 e. The Hall–Kier alpha value is -1.96. The number of alkyl carbamates (subject to hydrolysis) is 1. The Kier molecular flexibility index (Phi) is 7.57. The van der Waals surface area contributed by atoms with Crippen LogP contribution in [-0.2, 0) is 14.9 Å². The minimum absolute atomic E-state index is 0.0263. The van der Waals surface area contributed by atoms with Gasteiger partial charge in [0.25, 0.3) is 0 Å². The van der Waals surface area contributed by atoms with Crippen molar-refractivity contribution in [1.29, 1.82) is 0 Å². The molecule has 2 heterocycles. The number of nitrogens with zero attached hydrogens (tertiary/aromatic N) is 2. The predicted octanol–water partition coefficient (Wildman–Crippen LogP) is 3.77. The van der Waals surface area contributed by atoms with Crippen molar-refractivity contribution in [3.05, 3.63) is 24.0 Å². The molecule has 28 heavy (non-hydrogen) atoms. The van der Waals surface area contributed by atoms with Crippen LogP contribution >= 0.6 is 11.8 Å². The first-order valence-corrected chi connectivity index (χ1v) is 10.4. The lowest BCUT2D eigenvalue weighted by atomic mass is 9.88. The third-order valence-corrected chi connectivity index (χ3v) is 4.60. The molecule has 1 aliphatic heterocycles. The molecule has 0 fully saturated rings. The molecular formula is C20H31N3O4S. The standard InChI is InChI=1S/C20H31N3O4S/c1-19(2,3)14-9-16(11-21-10-14)25-12-15(13-26-18-22-7-8-28-18)23-17(24)27-20(4,5)6/h9-11,15H,7-8,12-13H2,1-6H3,(H,23,24)/t15-/m1/s1. The molecule has 1 aromatic heterocycles. The number of carbonyl (C=O) groups excluding carboxylic acids is 1. The number of thioether (sulfide) groups is 1. The van der Waals surface area contributed by atoms with Crippen molar-refractivity contribution in [2.24, 2.45) is 4.99 Å². The molecule has 0 spiro atoms. The second-order valence-electron chi connectivity index (χ2n) is 8.62. The summed E-state index contributed by atoms with van der Waals surface area (Å²) in [6.45, 7) is 13.1. The lowest BCUT2D eigenvalue weighted by Crippen LogP contribution is -2.45. The molecule has 1 N–H and O–H groups in total. The molecule has 1 aliphatic rings. The summed E-state index contributed by atoms with van der Waals surface area (Å²) >= 11 is 1.57. The molecule has 156 valence electrons. The Balaban J connectivity index is 1.98. The molecule has 0 bridgehead atoms. The van der Waals surface area contributed by atoms with Gasteiger partial charge in [-0.3, -0.25) is 4.98 Å². The molecule has 0 saturated carbocycles. The predicted molar refractivity (Wildman–Crippen MR) is 112 cm³/mol. The number of rotatable bonds is 6. The van der Waals surface area contributed by atoms with Gasteiger partial charge in [0.2, 0.25) is 5.23 Å². The number of pyridine rings is 1. The number of amides is 1. The van der Waals surface area contributed by atoms with Crippen molar-refractivity contribution < 1.29 is 19.0 Å². The monoisotopic (exact) mass is 409 g/mol. The molecule has 1 atom stereocenters. The van der Waals surface area contributed by atoms with E-state index in [4.69, 9.17) is 14.2 Å². The number of ether oxygens (including phenoxy) is 3. The van der Waals surface area contributed by atoms with Gasteiger partial charge in [0.1, 0.15) is 30.6 Å². The van der Waals surface area contributed by atoms with Gasteiger partial charge in [-0.2, -0.15) is 0 Å². The summed E-state index contributed by atoms with van der Waals surface area (Å²) in [5, 5.41) is 3.46. The van der Waals surface area contributed by atoms with E-state index in [2.05, 4.69) is 36.1 Å². The van der Waals surface area contributed by atoms with E-state index in [1.807, 2.05) is 33.0 Å². The number of aromatic nitrogens is 1. The maximum atomic E-state index is 12.2. The molecule has 0 aliphatic carbocycles. The fourth-order valence-electron chi connectivity index (χ4n) is 2.29. The molecule has 7 nitrogen and oxygen atoms in total. The zero-order chi connectivity index (χ0) is 20.8. The molecule has 2 rings (SSSR count). The van der Waals surface area contributed by atoms with Crippen LogP contribution in [0.5, 0.6) is 5.75 Å². The highest BCUT2D eigenvalue weighted by atomic mass is 32.2. The fraction of sp³-hybridized carbons (Fsp3) is 0.650. The first kappa shape index (κ1) is 22.3. The number of hydrogen-bond donors (Lipinski definition) is 1. The van der Waals surface area contributed by atoms with E-state index in [1.54, 1.807) is 18.0 Å². The third kappa shape index (κ3) is 7.96. The molecule has 1 aromatic rings. The van der Waals surface area contributed by atoms with Crippen LogP contribution in [0.15, 0.2) is 23.5 Å². The highest BCUT2D eigenvalue weighted by Gasteiger charge is 2.22. The summed E-state index contributed by atoms with van der Waals surface area (Å²) in [5.41, 5.74) is 0.475. The van der Waals surface area contributed by atoms with Gasteiger partial charge < -0.3 is 19.5 Å². The summed E-state index contributed by atoms with van der Waals surface area (Å²) in [4.78, 5) is 20.7. The van der Waals surface area contributed by atoms with Gasteiger partial charge in [-0.25, -0.2) is 9.79 Å². The van der Waals surface area contributed by atoms with Crippen molar-refractivity contribution in [2.75, 3.05) is 25.5 Å². The van der Waals surface area contributed by atoms with Gasteiger partial charge in [-0.1, -0.05) is 32.5 Å². The Morgan fingerprint density at radius 2 is 1.89 bits per heavy atom.